The molecule has 0 saturated heterocycles. The zero-order valence-electron chi connectivity index (χ0n) is 11.4. The van der Waals surface area contributed by atoms with Gasteiger partial charge in [-0.1, -0.05) is 18.1 Å². The third kappa shape index (κ3) is 6.26. The average Bonchev–Trinajstić information content (AvgIpc) is 2.41. The van der Waals surface area contributed by atoms with Gasteiger partial charge in [-0.05, 0) is 13.8 Å². The van der Waals surface area contributed by atoms with E-state index in [0.29, 0.717) is 5.69 Å². The number of pyridine rings is 1. The molecule has 1 N–H and O–H groups in total. The van der Waals surface area contributed by atoms with Crippen LogP contribution in [-0.4, -0.2) is 30.1 Å². The molecule has 20 heavy (non-hydrogen) atoms. The van der Waals surface area contributed by atoms with E-state index >= 15 is 0 Å². The topological polar surface area (TPSA) is 77.5 Å². The van der Waals surface area contributed by atoms with Crippen molar-refractivity contribution in [2.45, 2.75) is 13.8 Å². The Labute approximate surface area is 142 Å². The van der Waals surface area contributed by atoms with Crippen LogP contribution in [0.2, 0.25) is 0 Å². The molecular formula is C13H15N2O4Y-. The number of nitrogens with one attached hydrogen (secondary N) is 1. The van der Waals surface area contributed by atoms with Gasteiger partial charge in [0, 0.05) is 38.9 Å². The fraction of sp³-hybridized carbons (Fsp3) is 0.308. The number of carbonyl (C=O) groups excluding carboxylic acids is 2. The van der Waals surface area contributed by atoms with Crippen LogP contribution in [0.1, 0.15) is 13.8 Å². The number of nitrogens with zero attached hydrogens (tertiary/aromatic N) is 1. The second kappa shape index (κ2) is 10.5. The van der Waals surface area contributed by atoms with E-state index in [9.17, 15) is 9.59 Å². The Hall–Kier alpha value is -1.27. The number of esters is 2. The summed E-state index contributed by atoms with van der Waals surface area (Å²) in [6, 6.07) is 3.29. The van der Waals surface area contributed by atoms with Crippen LogP contribution >= 0.6 is 0 Å². The van der Waals surface area contributed by atoms with E-state index in [2.05, 4.69) is 16.5 Å². The summed E-state index contributed by atoms with van der Waals surface area (Å²) in [4.78, 5) is 27.0. The molecular weight excluding hydrogens is 337 g/mol. The van der Waals surface area contributed by atoms with Crippen molar-refractivity contribution in [3.05, 3.63) is 36.3 Å². The predicted octanol–water partition coefficient (Wildman–Crippen LogP) is 1.30. The van der Waals surface area contributed by atoms with Crippen LogP contribution < -0.4 is 5.32 Å². The standard InChI is InChI=1S/C13H15N2O4.Y/c1-3-18-12(16)11(13(17)19-4-2)9-15-10-6-5-7-14-8-10;/h5-6,8-9,15H,3-4H2,1-2H3;/q-1;. The number of carbonyl (C=O) groups is 2. The maximum absolute atomic E-state index is 11.6. The quantitative estimate of drug-likeness (QED) is 0.273. The first-order valence-electron chi connectivity index (χ1n) is 5.82. The van der Waals surface area contributed by atoms with Crippen molar-refractivity contribution in [1.29, 1.82) is 0 Å². The Balaban J connectivity index is 0.00000361. The van der Waals surface area contributed by atoms with Gasteiger partial charge in [-0.3, -0.25) is 0 Å². The summed E-state index contributed by atoms with van der Waals surface area (Å²) in [5.41, 5.74) is 0.418. The maximum atomic E-state index is 11.6. The van der Waals surface area contributed by atoms with E-state index in [4.69, 9.17) is 9.47 Å². The fourth-order valence-electron chi connectivity index (χ4n) is 1.18. The van der Waals surface area contributed by atoms with Gasteiger partial charge in [-0.25, -0.2) is 9.59 Å². The minimum atomic E-state index is -0.732. The van der Waals surface area contributed by atoms with Crippen LogP contribution in [0.5, 0.6) is 0 Å². The molecule has 6 nitrogen and oxygen atoms in total. The molecule has 0 aliphatic rings. The number of ether oxygens (including phenoxy) is 2. The Morgan fingerprint density at radius 1 is 1.30 bits per heavy atom. The number of anilines is 1. The number of hydrogen-bond donors (Lipinski definition) is 1. The normalized spacial score (nSPS) is 8.90. The van der Waals surface area contributed by atoms with Crippen molar-refractivity contribution in [3.63, 3.8) is 0 Å². The van der Waals surface area contributed by atoms with Gasteiger partial charge in [-0.2, -0.15) is 6.07 Å². The molecule has 1 heterocycles. The number of hydrogen-bond acceptors (Lipinski definition) is 6. The SMILES string of the molecule is CCOC(=O)C(=CNc1cc[c-]nc1)C(=O)OCC.[Y]. The van der Waals surface area contributed by atoms with Crippen molar-refractivity contribution in [3.8, 4) is 0 Å². The Morgan fingerprint density at radius 2 is 1.90 bits per heavy atom. The predicted molar refractivity (Wildman–Crippen MR) is 68.0 cm³/mol. The van der Waals surface area contributed by atoms with Gasteiger partial charge < -0.3 is 19.8 Å². The van der Waals surface area contributed by atoms with E-state index in [1.165, 1.54) is 12.4 Å². The summed E-state index contributed by atoms with van der Waals surface area (Å²) in [6.07, 6.45) is 5.36. The van der Waals surface area contributed by atoms with E-state index < -0.39 is 11.9 Å². The van der Waals surface area contributed by atoms with Crippen LogP contribution in [0.25, 0.3) is 0 Å². The molecule has 0 unspecified atom stereocenters. The smallest absolute Gasteiger partial charge is 0.347 e. The summed E-state index contributed by atoms with van der Waals surface area (Å²) >= 11 is 0. The zero-order chi connectivity index (χ0) is 14.1. The Kier molecular flexibility index (Phi) is 9.85. The van der Waals surface area contributed by atoms with Crippen molar-refractivity contribution in [2.24, 2.45) is 0 Å². The minimum absolute atomic E-state index is 0. The van der Waals surface area contributed by atoms with Crippen LogP contribution in [0.4, 0.5) is 5.69 Å². The Morgan fingerprint density at radius 3 is 2.35 bits per heavy atom. The molecule has 0 aliphatic carbocycles. The van der Waals surface area contributed by atoms with Crippen molar-refractivity contribution in [1.82, 2.24) is 4.98 Å². The summed E-state index contributed by atoms with van der Waals surface area (Å²) in [7, 11) is 0. The number of aromatic nitrogens is 1. The third-order valence-corrected chi connectivity index (χ3v) is 1.99. The molecule has 1 aromatic rings. The van der Waals surface area contributed by atoms with Crippen LogP contribution in [-0.2, 0) is 51.8 Å². The van der Waals surface area contributed by atoms with Crippen molar-refractivity contribution < 1.29 is 51.8 Å². The van der Waals surface area contributed by atoms with E-state index in [-0.39, 0.29) is 51.5 Å². The molecule has 0 fully saturated rings. The van der Waals surface area contributed by atoms with Gasteiger partial charge in [0.05, 0.1) is 13.2 Å². The molecule has 1 rings (SSSR count). The van der Waals surface area contributed by atoms with Crippen LogP contribution in [0, 0.1) is 6.20 Å². The van der Waals surface area contributed by atoms with Crippen molar-refractivity contribution in [2.75, 3.05) is 18.5 Å². The second-order valence-electron chi connectivity index (χ2n) is 3.32. The molecule has 0 bridgehead atoms. The molecule has 0 atom stereocenters. The van der Waals surface area contributed by atoms with Crippen molar-refractivity contribution >= 4 is 17.6 Å². The van der Waals surface area contributed by atoms with E-state index in [0.717, 1.165) is 0 Å². The van der Waals surface area contributed by atoms with Crippen LogP contribution in [0.15, 0.2) is 30.1 Å². The molecule has 0 amide bonds. The van der Waals surface area contributed by atoms with E-state index in [1.54, 1.807) is 26.0 Å². The van der Waals surface area contributed by atoms with Gasteiger partial charge in [0.2, 0.25) is 0 Å². The van der Waals surface area contributed by atoms with Gasteiger partial charge in [0.25, 0.3) is 0 Å². The summed E-state index contributed by atoms with van der Waals surface area (Å²) < 4.78 is 9.58. The maximum Gasteiger partial charge on any atom is 0.347 e. The molecule has 7 heteroatoms. The van der Waals surface area contributed by atoms with Crippen LogP contribution in [0.3, 0.4) is 0 Å². The third-order valence-electron chi connectivity index (χ3n) is 1.99. The van der Waals surface area contributed by atoms with Gasteiger partial charge in [0.1, 0.15) is 0 Å². The zero-order valence-corrected chi connectivity index (χ0v) is 14.2. The van der Waals surface area contributed by atoms with E-state index in [1.807, 2.05) is 0 Å². The molecule has 0 saturated carbocycles. The average molecular weight is 352 g/mol. The second-order valence-corrected chi connectivity index (χ2v) is 3.32. The van der Waals surface area contributed by atoms with Gasteiger partial charge in [0.15, 0.2) is 5.57 Å². The Bertz CT molecular complexity index is 443. The first-order valence-corrected chi connectivity index (χ1v) is 5.82. The molecule has 1 aromatic heterocycles. The fourth-order valence-corrected chi connectivity index (χ4v) is 1.18. The summed E-state index contributed by atoms with van der Waals surface area (Å²) in [5.74, 6) is -1.46. The molecule has 0 aliphatic heterocycles. The van der Waals surface area contributed by atoms with Gasteiger partial charge in [-0.15, -0.1) is 6.07 Å². The first-order chi connectivity index (χ1) is 9.19. The number of rotatable bonds is 6. The first kappa shape index (κ1) is 18.7. The largest absolute Gasteiger partial charge is 0.462 e. The molecule has 1 radical (unpaired) electrons. The molecule has 0 aromatic carbocycles. The monoisotopic (exact) mass is 352 g/mol. The minimum Gasteiger partial charge on any atom is -0.462 e. The summed E-state index contributed by atoms with van der Waals surface area (Å²) in [6.45, 7) is 3.67. The van der Waals surface area contributed by atoms with Gasteiger partial charge >= 0.3 is 11.9 Å². The summed E-state index contributed by atoms with van der Waals surface area (Å²) in [5, 5.41) is 2.78. The molecule has 0 spiro atoms. The molecule has 105 valence electrons.